The van der Waals surface area contributed by atoms with Gasteiger partial charge in [-0.3, -0.25) is 0 Å². The molecule has 1 aromatic heterocycles. The summed E-state index contributed by atoms with van der Waals surface area (Å²) in [4.78, 5) is 15.0. The van der Waals surface area contributed by atoms with Gasteiger partial charge in [-0.1, -0.05) is 0 Å². The monoisotopic (exact) mass is 297 g/mol. The van der Waals surface area contributed by atoms with Gasteiger partial charge in [0.05, 0.1) is 6.10 Å². The molecule has 110 valence electrons. The molecule has 0 spiro atoms. The van der Waals surface area contributed by atoms with Crippen LogP contribution >= 0.6 is 11.6 Å². The van der Waals surface area contributed by atoms with Crippen LogP contribution in [-0.2, 0) is 0 Å². The van der Waals surface area contributed by atoms with Crippen LogP contribution in [0.4, 0.5) is 11.9 Å². The quantitative estimate of drug-likeness (QED) is 0.887. The molecule has 1 aliphatic heterocycles. The van der Waals surface area contributed by atoms with Crippen molar-refractivity contribution in [2.45, 2.75) is 50.7 Å². The van der Waals surface area contributed by atoms with E-state index < -0.39 is 0 Å². The number of anilines is 2. The van der Waals surface area contributed by atoms with Crippen molar-refractivity contribution in [2.75, 3.05) is 23.3 Å². The van der Waals surface area contributed by atoms with E-state index >= 15 is 0 Å². The van der Waals surface area contributed by atoms with E-state index in [0.29, 0.717) is 17.9 Å². The summed E-state index contributed by atoms with van der Waals surface area (Å²) < 4.78 is 0. The minimum Gasteiger partial charge on any atom is -0.393 e. The van der Waals surface area contributed by atoms with E-state index in [4.69, 9.17) is 11.6 Å². The lowest BCUT2D eigenvalue weighted by atomic mass is 9.93. The zero-order valence-electron chi connectivity index (χ0n) is 11.4. The molecule has 7 heteroatoms. The SMILES string of the molecule is OC1CCC(Nc2nc(Cl)nc(N3CCCC3)n2)CC1. The fraction of sp³-hybridized carbons (Fsp3) is 0.769. The van der Waals surface area contributed by atoms with Gasteiger partial charge in [-0.2, -0.15) is 15.0 Å². The van der Waals surface area contributed by atoms with Crippen LogP contribution in [0.5, 0.6) is 0 Å². The van der Waals surface area contributed by atoms with Crippen molar-refractivity contribution < 1.29 is 5.11 Å². The van der Waals surface area contributed by atoms with E-state index in [0.717, 1.165) is 38.8 Å². The summed E-state index contributed by atoms with van der Waals surface area (Å²) >= 11 is 6.00. The zero-order valence-corrected chi connectivity index (χ0v) is 12.2. The largest absolute Gasteiger partial charge is 0.393 e. The summed E-state index contributed by atoms with van der Waals surface area (Å²) in [6, 6.07) is 0.309. The Morgan fingerprint density at radius 2 is 1.75 bits per heavy atom. The second-order valence-electron chi connectivity index (χ2n) is 5.57. The van der Waals surface area contributed by atoms with Gasteiger partial charge in [0.2, 0.25) is 17.2 Å². The number of aliphatic hydroxyl groups is 1. The molecule has 20 heavy (non-hydrogen) atoms. The van der Waals surface area contributed by atoms with Crippen molar-refractivity contribution >= 4 is 23.5 Å². The predicted molar refractivity (Wildman–Crippen MR) is 78.2 cm³/mol. The van der Waals surface area contributed by atoms with Crippen LogP contribution in [-0.4, -0.2) is 45.3 Å². The fourth-order valence-electron chi connectivity index (χ4n) is 2.87. The molecule has 6 nitrogen and oxygen atoms in total. The Bertz CT molecular complexity index is 458. The summed E-state index contributed by atoms with van der Waals surface area (Å²) in [5, 5.41) is 13.1. The number of aromatic nitrogens is 3. The fourth-order valence-corrected chi connectivity index (χ4v) is 3.02. The van der Waals surface area contributed by atoms with E-state index in [9.17, 15) is 5.11 Å². The van der Waals surface area contributed by atoms with Gasteiger partial charge in [-0.15, -0.1) is 0 Å². The molecule has 1 saturated carbocycles. The molecule has 1 saturated heterocycles. The van der Waals surface area contributed by atoms with Gasteiger partial charge >= 0.3 is 0 Å². The number of rotatable bonds is 3. The van der Waals surface area contributed by atoms with Gasteiger partial charge in [0.25, 0.3) is 0 Å². The first kappa shape index (κ1) is 13.8. The number of hydrogen-bond acceptors (Lipinski definition) is 6. The molecule has 0 radical (unpaired) electrons. The van der Waals surface area contributed by atoms with Crippen LogP contribution in [0.15, 0.2) is 0 Å². The Kier molecular flexibility index (Phi) is 4.21. The van der Waals surface area contributed by atoms with Gasteiger partial charge in [-0.25, -0.2) is 0 Å². The topological polar surface area (TPSA) is 74.2 Å². The molecule has 2 fully saturated rings. The molecule has 0 atom stereocenters. The third-order valence-electron chi connectivity index (χ3n) is 4.02. The summed E-state index contributed by atoms with van der Waals surface area (Å²) in [5.74, 6) is 1.22. The summed E-state index contributed by atoms with van der Waals surface area (Å²) in [5.41, 5.74) is 0. The second kappa shape index (κ2) is 6.10. The standard InChI is InChI=1S/C13H20ClN5O/c14-11-16-12(15-9-3-5-10(20)6-4-9)18-13(17-11)19-7-1-2-8-19/h9-10,20H,1-8H2,(H,15,16,17,18). The molecular weight excluding hydrogens is 278 g/mol. The predicted octanol–water partition coefficient (Wildman–Crippen LogP) is 1.84. The van der Waals surface area contributed by atoms with Crippen molar-refractivity contribution in [3.63, 3.8) is 0 Å². The van der Waals surface area contributed by atoms with Crippen molar-refractivity contribution in [3.8, 4) is 0 Å². The molecule has 2 N–H and O–H groups in total. The van der Waals surface area contributed by atoms with Gasteiger partial charge in [0.15, 0.2) is 0 Å². The minimum absolute atomic E-state index is 0.157. The highest BCUT2D eigenvalue weighted by atomic mass is 35.5. The van der Waals surface area contributed by atoms with E-state index in [1.807, 2.05) is 0 Å². The molecule has 1 aliphatic carbocycles. The number of halogens is 1. The Morgan fingerprint density at radius 3 is 2.45 bits per heavy atom. The van der Waals surface area contributed by atoms with Crippen LogP contribution in [0.2, 0.25) is 5.28 Å². The van der Waals surface area contributed by atoms with E-state index in [2.05, 4.69) is 25.2 Å². The molecular formula is C13H20ClN5O. The Labute approximate surface area is 123 Å². The Balaban J connectivity index is 1.69. The van der Waals surface area contributed by atoms with Crippen molar-refractivity contribution in [1.82, 2.24) is 15.0 Å². The molecule has 2 heterocycles. The maximum Gasteiger partial charge on any atom is 0.231 e. The third kappa shape index (κ3) is 3.30. The summed E-state index contributed by atoms with van der Waals surface area (Å²) in [6.07, 6.45) is 5.71. The normalized spacial score (nSPS) is 26.8. The van der Waals surface area contributed by atoms with Gasteiger partial charge in [0.1, 0.15) is 0 Å². The highest BCUT2D eigenvalue weighted by molar-refractivity contribution is 6.28. The first-order valence-corrected chi connectivity index (χ1v) is 7.69. The Morgan fingerprint density at radius 1 is 1.05 bits per heavy atom. The number of nitrogens with one attached hydrogen (secondary N) is 1. The average molecular weight is 298 g/mol. The van der Waals surface area contributed by atoms with Crippen LogP contribution in [0.1, 0.15) is 38.5 Å². The molecule has 0 bridgehead atoms. The first-order chi connectivity index (χ1) is 9.70. The van der Waals surface area contributed by atoms with Crippen LogP contribution < -0.4 is 10.2 Å². The van der Waals surface area contributed by atoms with E-state index in [1.54, 1.807) is 0 Å². The van der Waals surface area contributed by atoms with E-state index in [1.165, 1.54) is 12.8 Å². The van der Waals surface area contributed by atoms with E-state index in [-0.39, 0.29) is 11.4 Å². The number of aliphatic hydroxyl groups excluding tert-OH is 1. The van der Waals surface area contributed by atoms with Crippen LogP contribution in [0.25, 0.3) is 0 Å². The Hall–Kier alpha value is -1.14. The zero-order chi connectivity index (χ0) is 13.9. The van der Waals surface area contributed by atoms with Crippen LogP contribution in [0.3, 0.4) is 0 Å². The van der Waals surface area contributed by atoms with Crippen molar-refractivity contribution in [3.05, 3.63) is 5.28 Å². The highest BCUT2D eigenvalue weighted by Gasteiger charge is 2.21. The lowest BCUT2D eigenvalue weighted by Gasteiger charge is -2.26. The lowest BCUT2D eigenvalue weighted by Crippen LogP contribution is -2.29. The molecule has 0 amide bonds. The van der Waals surface area contributed by atoms with Gasteiger partial charge in [-0.05, 0) is 50.1 Å². The maximum absolute atomic E-state index is 9.53. The molecule has 0 aromatic carbocycles. The lowest BCUT2D eigenvalue weighted by molar-refractivity contribution is 0.126. The molecule has 2 aliphatic rings. The van der Waals surface area contributed by atoms with Crippen LogP contribution in [0, 0.1) is 0 Å². The van der Waals surface area contributed by atoms with Crippen molar-refractivity contribution in [2.24, 2.45) is 0 Å². The van der Waals surface area contributed by atoms with Gasteiger partial charge in [0, 0.05) is 19.1 Å². The summed E-state index contributed by atoms with van der Waals surface area (Å²) in [6.45, 7) is 1.96. The third-order valence-corrected chi connectivity index (χ3v) is 4.18. The number of hydrogen-bond donors (Lipinski definition) is 2. The van der Waals surface area contributed by atoms with Gasteiger partial charge < -0.3 is 15.3 Å². The average Bonchev–Trinajstić information content (AvgIpc) is 2.95. The summed E-state index contributed by atoms with van der Waals surface area (Å²) in [7, 11) is 0. The first-order valence-electron chi connectivity index (χ1n) is 7.32. The molecule has 3 rings (SSSR count). The number of nitrogens with zero attached hydrogens (tertiary/aromatic N) is 4. The van der Waals surface area contributed by atoms with Crippen molar-refractivity contribution in [1.29, 1.82) is 0 Å². The molecule has 1 aromatic rings. The maximum atomic E-state index is 9.53. The second-order valence-corrected chi connectivity index (χ2v) is 5.91. The highest BCUT2D eigenvalue weighted by Crippen LogP contribution is 2.23. The molecule has 0 unspecified atom stereocenters. The minimum atomic E-state index is -0.157. The smallest absolute Gasteiger partial charge is 0.231 e.